The molecule has 4 nitrogen and oxygen atoms in total. The van der Waals surface area contributed by atoms with E-state index in [2.05, 4.69) is 109 Å². The van der Waals surface area contributed by atoms with E-state index in [9.17, 15) is 5.26 Å². The molecular weight excluding hydrogens is 609 g/mol. The molecule has 4 heteroatoms. The van der Waals surface area contributed by atoms with Crippen LogP contribution in [0.2, 0.25) is 0 Å². The molecule has 0 unspecified atom stereocenters. The highest BCUT2D eigenvalue weighted by atomic mass is 15.0. The van der Waals surface area contributed by atoms with Gasteiger partial charge in [-0.25, -0.2) is 15.0 Å². The molecule has 1 heterocycles. The van der Waals surface area contributed by atoms with Gasteiger partial charge in [0.15, 0.2) is 17.5 Å². The molecule has 0 fully saturated rings. The van der Waals surface area contributed by atoms with Crippen molar-refractivity contribution in [2.45, 2.75) is 0 Å². The van der Waals surface area contributed by atoms with Gasteiger partial charge in [0.25, 0.3) is 0 Å². The van der Waals surface area contributed by atoms with Crippen LogP contribution in [0.25, 0.3) is 78.7 Å². The fourth-order valence-corrected chi connectivity index (χ4v) is 6.30. The van der Waals surface area contributed by atoms with Crippen molar-refractivity contribution >= 4 is 0 Å². The zero-order valence-electron chi connectivity index (χ0n) is 27.1. The van der Waals surface area contributed by atoms with Gasteiger partial charge in [0.05, 0.1) is 11.6 Å². The molecule has 234 valence electrons. The predicted molar refractivity (Wildman–Crippen MR) is 203 cm³/mol. The second-order valence-corrected chi connectivity index (χ2v) is 12.0. The first-order chi connectivity index (χ1) is 24.7. The largest absolute Gasteiger partial charge is 0.208 e. The van der Waals surface area contributed by atoms with Gasteiger partial charge in [-0.3, -0.25) is 0 Å². The zero-order chi connectivity index (χ0) is 33.7. The van der Waals surface area contributed by atoms with Crippen molar-refractivity contribution in [3.8, 4) is 84.7 Å². The lowest BCUT2D eigenvalue weighted by molar-refractivity contribution is 1.07. The van der Waals surface area contributed by atoms with Crippen molar-refractivity contribution in [1.29, 1.82) is 5.26 Å². The minimum atomic E-state index is 0.595. The van der Waals surface area contributed by atoms with Crippen LogP contribution in [0.5, 0.6) is 0 Å². The van der Waals surface area contributed by atoms with Crippen molar-refractivity contribution in [3.63, 3.8) is 0 Å². The van der Waals surface area contributed by atoms with Crippen molar-refractivity contribution in [3.05, 3.63) is 188 Å². The highest BCUT2D eigenvalue weighted by molar-refractivity contribution is 5.94. The summed E-state index contributed by atoms with van der Waals surface area (Å²) in [6.45, 7) is 0. The van der Waals surface area contributed by atoms with Crippen molar-refractivity contribution in [2.75, 3.05) is 0 Å². The molecule has 0 aliphatic carbocycles. The van der Waals surface area contributed by atoms with E-state index >= 15 is 0 Å². The third-order valence-electron chi connectivity index (χ3n) is 8.80. The fourth-order valence-electron chi connectivity index (χ4n) is 6.30. The van der Waals surface area contributed by atoms with E-state index in [1.165, 1.54) is 22.3 Å². The topological polar surface area (TPSA) is 62.5 Å². The number of benzene rings is 7. The van der Waals surface area contributed by atoms with Crippen LogP contribution in [-0.2, 0) is 0 Å². The molecule has 0 saturated heterocycles. The van der Waals surface area contributed by atoms with Gasteiger partial charge in [-0.1, -0.05) is 170 Å². The van der Waals surface area contributed by atoms with E-state index < -0.39 is 0 Å². The number of nitrogens with zero attached hydrogens (tertiary/aromatic N) is 4. The lowest BCUT2D eigenvalue weighted by Crippen LogP contribution is -2.00. The molecule has 0 saturated carbocycles. The monoisotopic (exact) mass is 638 g/mol. The van der Waals surface area contributed by atoms with Crippen LogP contribution in [0.1, 0.15) is 5.56 Å². The van der Waals surface area contributed by atoms with Gasteiger partial charge in [-0.2, -0.15) is 5.26 Å². The smallest absolute Gasteiger partial charge is 0.164 e. The number of aromatic nitrogens is 3. The molecular formula is C46H30N4. The van der Waals surface area contributed by atoms with Gasteiger partial charge >= 0.3 is 0 Å². The van der Waals surface area contributed by atoms with E-state index in [-0.39, 0.29) is 0 Å². The Labute approximate surface area is 291 Å². The molecule has 0 aliphatic heterocycles. The summed E-state index contributed by atoms with van der Waals surface area (Å²) in [7, 11) is 0. The van der Waals surface area contributed by atoms with Gasteiger partial charge in [0.2, 0.25) is 0 Å². The zero-order valence-corrected chi connectivity index (χ0v) is 27.1. The minimum Gasteiger partial charge on any atom is -0.208 e. The SMILES string of the molecule is N#Cc1cccc(-c2ccc(-c3nc(-c4ccccc4)nc(-c4ccc(-c5cccc(-c6ccccc6)c5-c5ccccc5)cc4)n3)cc2)c1. The van der Waals surface area contributed by atoms with E-state index in [0.29, 0.717) is 23.0 Å². The van der Waals surface area contributed by atoms with E-state index in [0.717, 1.165) is 38.9 Å². The average Bonchev–Trinajstić information content (AvgIpc) is 3.21. The van der Waals surface area contributed by atoms with E-state index in [1.807, 2.05) is 78.9 Å². The maximum Gasteiger partial charge on any atom is 0.164 e. The summed E-state index contributed by atoms with van der Waals surface area (Å²) < 4.78 is 0. The molecule has 0 bridgehead atoms. The van der Waals surface area contributed by atoms with Crippen LogP contribution in [0.15, 0.2) is 182 Å². The summed E-state index contributed by atoms with van der Waals surface area (Å²) >= 11 is 0. The Morgan fingerprint density at radius 3 is 1.22 bits per heavy atom. The Bertz CT molecular complexity index is 2450. The van der Waals surface area contributed by atoms with Crippen molar-refractivity contribution < 1.29 is 0 Å². The lowest BCUT2D eigenvalue weighted by Gasteiger charge is -2.16. The van der Waals surface area contributed by atoms with Crippen molar-refractivity contribution in [2.24, 2.45) is 0 Å². The number of nitriles is 1. The molecule has 50 heavy (non-hydrogen) atoms. The molecule has 0 radical (unpaired) electrons. The molecule has 0 atom stereocenters. The van der Waals surface area contributed by atoms with Crippen molar-refractivity contribution in [1.82, 2.24) is 15.0 Å². The standard InChI is InChI=1S/C46H30N4/c47-31-32-12-10-19-40(30-32)33-22-26-38(27-23-33)45-48-44(37-17-8-3-9-18-37)49-46(50-45)39-28-24-35(25-29-39)42-21-11-20-41(34-13-4-1-5-14-34)43(42)36-15-6-2-7-16-36/h1-30H. The summed E-state index contributed by atoms with van der Waals surface area (Å²) in [5.41, 5.74) is 12.4. The Morgan fingerprint density at radius 1 is 0.320 bits per heavy atom. The molecule has 7 aromatic carbocycles. The van der Waals surface area contributed by atoms with Gasteiger partial charge in [0.1, 0.15) is 0 Å². The van der Waals surface area contributed by atoms with Gasteiger partial charge in [-0.15, -0.1) is 0 Å². The van der Waals surface area contributed by atoms with Crippen LogP contribution in [0.3, 0.4) is 0 Å². The van der Waals surface area contributed by atoms with E-state index in [1.54, 1.807) is 0 Å². The summed E-state index contributed by atoms with van der Waals surface area (Å²) in [5.74, 6) is 1.81. The van der Waals surface area contributed by atoms with Crippen LogP contribution in [0, 0.1) is 11.3 Å². The summed E-state index contributed by atoms with van der Waals surface area (Å²) in [6, 6.07) is 64.1. The van der Waals surface area contributed by atoms with Crippen LogP contribution < -0.4 is 0 Å². The highest BCUT2D eigenvalue weighted by Gasteiger charge is 2.16. The maximum absolute atomic E-state index is 9.36. The Morgan fingerprint density at radius 2 is 0.700 bits per heavy atom. The normalized spacial score (nSPS) is 10.8. The van der Waals surface area contributed by atoms with Gasteiger partial charge in [-0.05, 0) is 56.6 Å². The van der Waals surface area contributed by atoms with E-state index in [4.69, 9.17) is 15.0 Å². The highest BCUT2D eigenvalue weighted by Crippen LogP contribution is 2.40. The predicted octanol–water partition coefficient (Wildman–Crippen LogP) is 11.4. The summed E-state index contributed by atoms with van der Waals surface area (Å²) in [4.78, 5) is 14.9. The quantitative estimate of drug-likeness (QED) is 0.174. The summed E-state index contributed by atoms with van der Waals surface area (Å²) in [5, 5.41) is 9.36. The van der Waals surface area contributed by atoms with Gasteiger partial charge < -0.3 is 0 Å². The molecule has 0 N–H and O–H groups in total. The molecule has 0 spiro atoms. The first kappa shape index (κ1) is 30.4. The van der Waals surface area contributed by atoms with Gasteiger partial charge in [0, 0.05) is 16.7 Å². The third kappa shape index (κ3) is 6.20. The first-order valence-electron chi connectivity index (χ1n) is 16.5. The fraction of sp³-hybridized carbons (Fsp3) is 0. The second-order valence-electron chi connectivity index (χ2n) is 12.0. The molecule has 8 rings (SSSR count). The first-order valence-corrected chi connectivity index (χ1v) is 16.5. The number of hydrogen-bond acceptors (Lipinski definition) is 4. The second kappa shape index (κ2) is 13.6. The Kier molecular flexibility index (Phi) is 8.29. The van der Waals surface area contributed by atoms with Crippen LogP contribution >= 0.6 is 0 Å². The van der Waals surface area contributed by atoms with Crippen LogP contribution in [-0.4, -0.2) is 15.0 Å². The average molecular weight is 639 g/mol. The molecule has 0 aliphatic rings. The maximum atomic E-state index is 9.36. The number of hydrogen-bond donors (Lipinski definition) is 0. The number of rotatable bonds is 7. The molecule has 8 aromatic rings. The molecule has 1 aromatic heterocycles. The van der Waals surface area contributed by atoms with Crippen LogP contribution in [0.4, 0.5) is 0 Å². The third-order valence-corrected chi connectivity index (χ3v) is 8.80. The minimum absolute atomic E-state index is 0.595. The lowest BCUT2D eigenvalue weighted by atomic mass is 9.87. The molecule has 0 amide bonds. The Hall–Kier alpha value is -6.96. The summed E-state index contributed by atoms with van der Waals surface area (Å²) in [6.07, 6.45) is 0. The Balaban J connectivity index is 1.20.